The lowest BCUT2D eigenvalue weighted by molar-refractivity contribution is 0.613. The Bertz CT molecular complexity index is 823. The molecule has 20 heavy (non-hydrogen) atoms. The number of halogens is 1. The summed E-state index contributed by atoms with van der Waals surface area (Å²) in [4.78, 5) is 16.3. The van der Waals surface area contributed by atoms with Crippen LogP contribution in [0.3, 0.4) is 0 Å². The molecule has 6 nitrogen and oxygen atoms in total. The minimum atomic E-state index is -0.548. The summed E-state index contributed by atoms with van der Waals surface area (Å²) in [7, 11) is 1.83. The number of rotatable bonds is 3. The van der Waals surface area contributed by atoms with Crippen LogP contribution >= 0.6 is 0 Å². The molecule has 0 aliphatic rings. The van der Waals surface area contributed by atoms with Gasteiger partial charge in [0, 0.05) is 20.0 Å². The third-order valence-corrected chi connectivity index (χ3v) is 3.18. The molecule has 0 unspecified atom stereocenters. The van der Waals surface area contributed by atoms with Gasteiger partial charge in [0.1, 0.15) is 23.4 Å². The van der Waals surface area contributed by atoms with Gasteiger partial charge in [-0.25, -0.2) is 9.37 Å². The number of aromatic nitrogens is 5. The van der Waals surface area contributed by atoms with E-state index in [1.54, 1.807) is 17.0 Å². The Morgan fingerprint density at radius 3 is 2.90 bits per heavy atom. The normalized spacial score (nSPS) is 11.1. The van der Waals surface area contributed by atoms with Crippen LogP contribution in [0.5, 0.6) is 0 Å². The van der Waals surface area contributed by atoms with Gasteiger partial charge in [-0.15, -0.1) is 10.2 Å². The zero-order chi connectivity index (χ0) is 14.1. The van der Waals surface area contributed by atoms with E-state index >= 15 is 0 Å². The van der Waals surface area contributed by atoms with Crippen molar-refractivity contribution >= 4 is 10.9 Å². The summed E-state index contributed by atoms with van der Waals surface area (Å²) in [6.45, 7) is 0.378. The smallest absolute Gasteiger partial charge is 0.264 e. The predicted octanol–water partition coefficient (Wildman–Crippen LogP) is 0.907. The van der Waals surface area contributed by atoms with E-state index in [-0.39, 0.29) is 10.9 Å². The van der Waals surface area contributed by atoms with E-state index < -0.39 is 5.82 Å². The predicted molar refractivity (Wildman–Crippen MR) is 70.7 cm³/mol. The molecule has 0 spiro atoms. The highest BCUT2D eigenvalue weighted by Crippen LogP contribution is 2.10. The van der Waals surface area contributed by atoms with Crippen molar-refractivity contribution in [3.8, 4) is 0 Å². The lowest BCUT2D eigenvalue weighted by Gasteiger charge is -2.06. The van der Waals surface area contributed by atoms with Crippen molar-refractivity contribution in [1.29, 1.82) is 0 Å². The van der Waals surface area contributed by atoms with Crippen LogP contribution in [0.4, 0.5) is 4.39 Å². The van der Waals surface area contributed by atoms with Crippen molar-refractivity contribution in [3.05, 3.63) is 52.8 Å². The minimum Gasteiger partial charge on any atom is -0.321 e. The Hall–Kier alpha value is -2.57. The van der Waals surface area contributed by atoms with Crippen LogP contribution in [0, 0.1) is 5.82 Å². The standard InChI is InChI=1S/C13H12FN5O/c1-18-8-16-17-11(18)5-6-19-7-15-10-4-2-3-9(14)12(10)13(19)20/h2-4,7-8H,5-6H2,1H3. The van der Waals surface area contributed by atoms with E-state index in [1.807, 2.05) is 7.05 Å². The summed E-state index contributed by atoms with van der Waals surface area (Å²) in [6.07, 6.45) is 3.55. The van der Waals surface area contributed by atoms with Gasteiger partial charge < -0.3 is 4.57 Å². The van der Waals surface area contributed by atoms with Gasteiger partial charge in [0.25, 0.3) is 5.56 Å². The molecule has 0 radical (unpaired) electrons. The molecule has 2 heterocycles. The molecule has 102 valence electrons. The molecular weight excluding hydrogens is 261 g/mol. The van der Waals surface area contributed by atoms with Gasteiger partial charge in [0.05, 0.1) is 11.8 Å². The zero-order valence-electron chi connectivity index (χ0n) is 10.8. The van der Waals surface area contributed by atoms with Crippen molar-refractivity contribution in [3.63, 3.8) is 0 Å². The third kappa shape index (κ3) is 2.07. The number of hydrogen-bond acceptors (Lipinski definition) is 4. The maximum Gasteiger partial charge on any atom is 0.264 e. The van der Waals surface area contributed by atoms with Crippen LogP contribution in [0.1, 0.15) is 5.82 Å². The summed E-state index contributed by atoms with van der Waals surface area (Å²) in [5.74, 6) is 0.207. The Morgan fingerprint density at radius 2 is 2.15 bits per heavy atom. The van der Waals surface area contributed by atoms with E-state index in [9.17, 15) is 9.18 Å². The molecule has 3 aromatic rings. The molecule has 1 aromatic carbocycles. The second kappa shape index (κ2) is 4.84. The average molecular weight is 273 g/mol. The molecule has 0 fully saturated rings. The molecule has 0 saturated heterocycles. The van der Waals surface area contributed by atoms with Gasteiger partial charge >= 0.3 is 0 Å². The fourth-order valence-corrected chi connectivity index (χ4v) is 2.07. The average Bonchev–Trinajstić information content (AvgIpc) is 2.84. The first kappa shape index (κ1) is 12.5. The summed E-state index contributed by atoms with van der Waals surface area (Å²) >= 11 is 0. The van der Waals surface area contributed by atoms with Gasteiger partial charge in [0.2, 0.25) is 0 Å². The van der Waals surface area contributed by atoms with Crippen molar-refractivity contribution in [1.82, 2.24) is 24.3 Å². The Balaban J connectivity index is 1.97. The second-order valence-electron chi connectivity index (χ2n) is 4.49. The van der Waals surface area contributed by atoms with Gasteiger partial charge in [-0.2, -0.15) is 0 Å². The third-order valence-electron chi connectivity index (χ3n) is 3.18. The number of nitrogens with zero attached hydrogens (tertiary/aromatic N) is 5. The van der Waals surface area contributed by atoms with Crippen LogP contribution < -0.4 is 5.56 Å². The molecule has 0 amide bonds. The van der Waals surface area contributed by atoms with E-state index in [0.29, 0.717) is 18.5 Å². The van der Waals surface area contributed by atoms with Crippen LogP contribution in [0.15, 0.2) is 35.6 Å². The largest absolute Gasteiger partial charge is 0.321 e. The highest BCUT2D eigenvalue weighted by atomic mass is 19.1. The molecule has 0 aliphatic carbocycles. The molecule has 2 aromatic heterocycles. The van der Waals surface area contributed by atoms with Gasteiger partial charge in [-0.05, 0) is 12.1 Å². The van der Waals surface area contributed by atoms with Crippen LogP contribution in [-0.2, 0) is 20.0 Å². The Kier molecular flexibility index (Phi) is 3.02. The molecule has 0 N–H and O–H groups in total. The number of aryl methyl sites for hydroxylation is 3. The van der Waals surface area contributed by atoms with Crippen LogP contribution in [0.25, 0.3) is 10.9 Å². The lowest BCUT2D eigenvalue weighted by atomic mass is 10.2. The fourth-order valence-electron chi connectivity index (χ4n) is 2.07. The minimum absolute atomic E-state index is 0.0213. The first-order valence-corrected chi connectivity index (χ1v) is 6.13. The van der Waals surface area contributed by atoms with Crippen LogP contribution in [-0.4, -0.2) is 24.3 Å². The topological polar surface area (TPSA) is 65.6 Å². The Labute approximate surface area is 113 Å². The highest BCUT2D eigenvalue weighted by molar-refractivity contribution is 5.77. The summed E-state index contributed by atoms with van der Waals surface area (Å²) in [6, 6.07) is 4.42. The molecule has 7 heteroatoms. The number of fused-ring (bicyclic) bond motifs is 1. The van der Waals surface area contributed by atoms with Crippen molar-refractivity contribution in [2.24, 2.45) is 7.05 Å². The molecule has 0 bridgehead atoms. The molecule has 3 rings (SSSR count). The highest BCUT2D eigenvalue weighted by Gasteiger charge is 2.09. The number of hydrogen-bond donors (Lipinski definition) is 0. The zero-order valence-corrected chi connectivity index (χ0v) is 10.8. The van der Waals surface area contributed by atoms with E-state index in [1.165, 1.54) is 23.0 Å². The quantitative estimate of drug-likeness (QED) is 0.711. The van der Waals surface area contributed by atoms with Crippen molar-refractivity contribution in [2.75, 3.05) is 0 Å². The van der Waals surface area contributed by atoms with Crippen LogP contribution in [0.2, 0.25) is 0 Å². The van der Waals surface area contributed by atoms with Gasteiger partial charge in [-0.3, -0.25) is 9.36 Å². The summed E-state index contributed by atoms with van der Waals surface area (Å²) in [5.41, 5.74) is -0.0137. The Morgan fingerprint density at radius 1 is 1.30 bits per heavy atom. The molecule has 0 atom stereocenters. The SMILES string of the molecule is Cn1cnnc1CCn1cnc2cccc(F)c2c1=O. The fraction of sp³-hybridized carbons (Fsp3) is 0.231. The molecule has 0 saturated carbocycles. The lowest BCUT2D eigenvalue weighted by Crippen LogP contribution is -2.23. The van der Waals surface area contributed by atoms with E-state index in [4.69, 9.17) is 0 Å². The first-order valence-electron chi connectivity index (χ1n) is 6.13. The first-order chi connectivity index (χ1) is 9.66. The van der Waals surface area contributed by atoms with E-state index in [0.717, 1.165) is 5.82 Å². The van der Waals surface area contributed by atoms with Crippen molar-refractivity contribution in [2.45, 2.75) is 13.0 Å². The van der Waals surface area contributed by atoms with E-state index in [2.05, 4.69) is 15.2 Å². The summed E-state index contributed by atoms with van der Waals surface area (Å²) < 4.78 is 16.9. The molecule has 0 aliphatic heterocycles. The van der Waals surface area contributed by atoms with Gasteiger partial charge in [0.15, 0.2) is 0 Å². The molecular formula is C13H12FN5O. The maximum absolute atomic E-state index is 13.7. The maximum atomic E-state index is 13.7. The van der Waals surface area contributed by atoms with Crippen molar-refractivity contribution < 1.29 is 4.39 Å². The summed E-state index contributed by atoms with van der Waals surface area (Å²) in [5, 5.41) is 7.74. The number of benzene rings is 1. The van der Waals surface area contributed by atoms with Gasteiger partial charge in [-0.1, -0.05) is 6.07 Å². The monoisotopic (exact) mass is 273 g/mol. The second-order valence-corrected chi connectivity index (χ2v) is 4.49.